The Morgan fingerprint density at radius 2 is 1.52 bits per heavy atom. The lowest BCUT2D eigenvalue weighted by Gasteiger charge is -2.30. The molecule has 0 saturated heterocycles. The van der Waals surface area contributed by atoms with Crippen LogP contribution in [0.2, 0.25) is 0 Å². The first-order valence-corrected chi connectivity index (χ1v) is 7.33. The molecule has 0 bridgehead atoms. The molecule has 0 aliphatic rings. The number of hydrazine groups is 1. The van der Waals surface area contributed by atoms with Crippen LogP contribution in [0.25, 0.3) is 0 Å². The van der Waals surface area contributed by atoms with Gasteiger partial charge in [0, 0.05) is 6.42 Å². The van der Waals surface area contributed by atoms with Crippen LogP contribution < -0.4 is 11.3 Å². The molecule has 4 nitrogen and oxygen atoms in total. The van der Waals surface area contributed by atoms with E-state index in [4.69, 9.17) is 5.84 Å². The number of nitrogens with two attached hydrogens (primary N) is 1. The zero-order valence-corrected chi connectivity index (χ0v) is 14.0. The minimum absolute atomic E-state index is 0.104. The Bertz CT molecular complexity index is 488. The van der Waals surface area contributed by atoms with E-state index in [1.807, 2.05) is 12.1 Å². The molecule has 0 aliphatic carbocycles. The van der Waals surface area contributed by atoms with E-state index in [0.717, 1.165) is 16.7 Å². The quantitative estimate of drug-likeness (QED) is 0.455. The summed E-state index contributed by atoms with van der Waals surface area (Å²) in [6.07, 6.45) is 0.954. The number of benzene rings is 1. The van der Waals surface area contributed by atoms with Crippen LogP contribution in [-0.2, 0) is 22.0 Å². The van der Waals surface area contributed by atoms with Crippen molar-refractivity contribution in [3.05, 3.63) is 28.8 Å². The van der Waals surface area contributed by atoms with E-state index in [-0.39, 0.29) is 22.5 Å². The van der Waals surface area contributed by atoms with Crippen molar-refractivity contribution >= 4 is 5.91 Å². The van der Waals surface area contributed by atoms with Crippen LogP contribution in [-0.4, -0.2) is 11.0 Å². The molecule has 0 fully saturated rings. The Morgan fingerprint density at radius 3 is 1.86 bits per heavy atom. The SMILES string of the molecule is CC(C)(C)c1cc(O)cc(C(C)(C)C)c1CCC(=O)NN. The van der Waals surface area contributed by atoms with Gasteiger partial charge in [0.2, 0.25) is 5.91 Å². The zero-order chi connectivity index (χ0) is 16.4. The van der Waals surface area contributed by atoms with Crippen molar-refractivity contribution in [2.45, 2.75) is 65.2 Å². The topological polar surface area (TPSA) is 75.3 Å². The molecule has 1 aromatic carbocycles. The van der Waals surface area contributed by atoms with Gasteiger partial charge >= 0.3 is 0 Å². The van der Waals surface area contributed by atoms with Crippen molar-refractivity contribution in [1.82, 2.24) is 5.43 Å². The van der Waals surface area contributed by atoms with Gasteiger partial charge in [0.05, 0.1) is 0 Å². The van der Waals surface area contributed by atoms with Crippen LogP contribution in [0.4, 0.5) is 0 Å². The van der Waals surface area contributed by atoms with Gasteiger partial charge in [-0.25, -0.2) is 5.84 Å². The van der Waals surface area contributed by atoms with E-state index >= 15 is 0 Å². The second kappa shape index (κ2) is 6.06. The molecule has 0 saturated carbocycles. The van der Waals surface area contributed by atoms with Gasteiger partial charge in [-0.05, 0) is 46.1 Å². The van der Waals surface area contributed by atoms with E-state index in [1.54, 1.807) is 0 Å². The molecule has 118 valence electrons. The van der Waals surface area contributed by atoms with Gasteiger partial charge in [0.15, 0.2) is 0 Å². The van der Waals surface area contributed by atoms with Crippen molar-refractivity contribution in [2.24, 2.45) is 5.84 Å². The Hall–Kier alpha value is -1.55. The first kappa shape index (κ1) is 17.5. The summed E-state index contributed by atoms with van der Waals surface area (Å²) in [7, 11) is 0. The number of hydrogen-bond acceptors (Lipinski definition) is 3. The molecule has 4 heteroatoms. The minimum atomic E-state index is -0.178. The van der Waals surface area contributed by atoms with Crippen molar-refractivity contribution in [2.75, 3.05) is 0 Å². The molecule has 1 aromatic rings. The van der Waals surface area contributed by atoms with Crippen molar-refractivity contribution in [3.63, 3.8) is 0 Å². The number of phenols is 1. The fraction of sp³-hybridized carbons (Fsp3) is 0.588. The summed E-state index contributed by atoms with van der Waals surface area (Å²) in [6, 6.07) is 3.62. The third kappa shape index (κ3) is 4.46. The van der Waals surface area contributed by atoms with Gasteiger partial charge in [-0.3, -0.25) is 10.2 Å². The van der Waals surface area contributed by atoms with Gasteiger partial charge < -0.3 is 5.11 Å². The fourth-order valence-corrected chi connectivity index (χ4v) is 2.58. The summed E-state index contributed by atoms with van der Waals surface area (Å²) >= 11 is 0. The Labute approximate surface area is 127 Å². The zero-order valence-electron chi connectivity index (χ0n) is 14.0. The molecule has 0 atom stereocenters. The third-order valence-electron chi connectivity index (χ3n) is 3.61. The summed E-state index contributed by atoms with van der Waals surface area (Å²) in [5, 5.41) is 10.1. The second-order valence-electron chi connectivity index (χ2n) is 7.59. The number of phenolic OH excluding ortho intramolecular Hbond substituents is 1. The molecule has 0 aromatic heterocycles. The van der Waals surface area contributed by atoms with Crippen molar-refractivity contribution in [1.29, 1.82) is 0 Å². The van der Waals surface area contributed by atoms with Gasteiger partial charge in [0.1, 0.15) is 5.75 Å². The van der Waals surface area contributed by atoms with Gasteiger partial charge in [-0.15, -0.1) is 0 Å². The lowest BCUT2D eigenvalue weighted by molar-refractivity contribution is -0.121. The summed E-state index contributed by atoms with van der Waals surface area (Å²) in [4.78, 5) is 11.5. The molecule has 1 amide bonds. The normalized spacial score (nSPS) is 12.3. The average Bonchev–Trinajstić information content (AvgIpc) is 2.33. The first-order chi connectivity index (χ1) is 9.46. The van der Waals surface area contributed by atoms with Gasteiger partial charge in [-0.1, -0.05) is 41.5 Å². The van der Waals surface area contributed by atoms with Crippen molar-refractivity contribution in [3.8, 4) is 5.75 Å². The number of rotatable bonds is 3. The van der Waals surface area contributed by atoms with Crippen LogP contribution in [0, 0.1) is 0 Å². The van der Waals surface area contributed by atoms with E-state index in [0.29, 0.717) is 12.8 Å². The molecule has 0 spiro atoms. The lowest BCUT2D eigenvalue weighted by atomic mass is 9.75. The lowest BCUT2D eigenvalue weighted by Crippen LogP contribution is -2.30. The van der Waals surface area contributed by atoms with E-state index in [1.165, 1.54) is 0 Å². The molecule has 21 heavy (non-hydrogen) atoms. The Balaban J connectivity index is 3.43. The monoisotopic (exact) mass is 292 g/mol. The van der Waals surface area contributed by atoms with Gasteiger partial charge in [-0.2, -0.15) is 0 Å². The minimum Gasteiger partial charge on any atom is -0.508 e. The van der Waals surface area contributed by atoms with Crippen LogP contribution in [0.3, 0.4) is 0 Å². The fourth-order valence-electron chi connectivity index (χ4n) is 2.58. The van der Waals surface area contributed by atoms with Crippen LogP contribution in [0.5, 0.6) is 5.75 Å². The smallest absolute Gasteiger partial charge is 0.234 e. The first-order valence-electron chi connectivity index (χ1n) is 7.33. The Kier molecular flexibility index (Phi) is 5.05. The summed E-state index contributed by atoms with van der Waals surface area (Å²) < 4.78 is 0. The van der Waals surface area contributed by atoms with Crippen LogP contribution in [0.15, 0.2) is 12.1 Å². The van der Waals surface area contributed by atoms with Gasteiger partial charge in [0.25, 0.3) is 0 Å². The molecule has 0 aliphatic heterocycles. The molecular formula is C17H28N2O2. The van der Waals surface area contributed by atoms with E-state index in [2.05, 4.69) is 47.0 Å². The maximum absolute atomic E-state index is 11.5. The number of carbonyl (C=O) groups excluding carboxylic acids is 1. The maximum atomic E-state index is 11.5. The third-order valence-corrected chi connectivity index (χ3v) is 3.61. The predicted octanol–water partition coefficient (Wildman–Crippen LogP) is 2.91. The Morgan fingerprint density at radius 1 is 1.10 bits per heavy atom. The molecule has 4 N–H and O–H groups in total. The largest absolute Gasteiger partial charge is 0.508 e. The van der Waals surface area contributed by atoms with Crippen molar-refractivity contribution < 1.29 is 9.90 Å². The van der Waals surface area contributed by atoms with Crippen LogP contribution in [0.1, 0.15) is 64.7 Å². The molecular weight excluding hydrogens is 264 g/mol. The number of hydrogen-bond donors (Lipinski definition) is 3. The predicted molar refractivity (Wildman–Crippen MR) is 86.2 cm³/mol. The highest BCUT2D eigenvalue weighted by atomic mass is 16.3. The summed E-state index contributed by atoms with van der Waals surface area (Å²) in [5.74, 6) is 5.27. The highest BCUT2D eigenvalue weighted by Crippen LogP contribution is 2.37. The summed E-state index contributed by atoms with van der Waals surface area (Å²) in [6.45, 7) is 12.7. The average molecular weight is 292 g/mol. The highest BCUT2D eigenvalue weighted by Gasteiger charge is 2.26. The molecule has 0 unspecified atom stereocenters. The van der Waals surface area contributed by atoms with E-state index in [9.17, 15) is 9.90 Å². The molecule has 1 rings (SSSR count). The number of aromatic hydroxyl groups is 1. The standard InChI is InChI=1S/C17H28N2O2/c1-16(2,3)13-9-11(20)10-14(17(4,5)6)12(13)7-8-15(21)19-18/h9-10,20H,7-8,18H2,1-6H3,(H,19,21). The maximum Gasteiger partial charge on any atom is 0.234 e. The number of carbonyl (C=O) groups is 1. The highest BCUT2D eigenvalue weighted by molar-refractivity contribution is 5.75. The van der Waals surface area contributed by atoms with Crippen LogP contribution >= 0.6 is 0 Å². The second-order valence-corrected chi connectivity index (χ2v) is 7.59. The number of amides is 1. The molecule has 0 radical (unpaired) electrons. The summed E-state index contributed by atoms with van der Waals surface area (Å²) in [5.41, 5.74) is 5.26. The molecule has 0 heterocycles. The number of nitrogens with one attached hydrogen (secondary N) is 1. The van der Waals surface area contributed by atoms with E-state index < -0.39 is 0 Å².